The highest BCUT2D eigenvalue weighted by Gasteiger charge is 2.35. The summed E-state index contributed by atoms with van der Waals surface area (Å²) in [7, 11) is -1.61. The Hall–Kier alpha value is -0.170. The van der Waals surface area contributed by atoms with Crippen molar-refractivity contribution in [3.8, 4) is 0 Å². The summed E-state index contributed by atoms with van der Waals surface area (Å²) in [4.78, 5) is 0. The Morgan fingerprint density at radius 1 is 1.21 bits per heavy atom. The van der Waals surface area contributed by atoms with Gasteiger partial charge in [0, 0.05) is 38.8 Å². The standard InChI is InChI=1S/C13H29N3O2S/c1-11(2)14-12(13(3,4)5)10-16-9-7-8-15(6)19(16,17)18/h11-12,14H,7-10H2,1-6H3/t12-/m1/s1. The molecule has 1 saturated heterocycles. The third-order valence-electron chi connectivity index (χ3n) is 3.57. The zero-order valence-electron chi connectivity index (χ0n) is 13.1. The van der Waals surface area contributed by atoms with Crippen molar-refractivity contribution in [1.29, 1.82) is 0 Å². The average molecular weight is 291 g/mol. The molecule has 0 aromatic carbocycles. The van der Waals surface area contributed by atoms with Gasteiger partial charge in [-0.05, 0) is 11.8 Å². The van der Waals surface area contributed by atoms with Gasteiger partial charge in [0.2, 0.25) is 0 Å². The molecule has 1 atom stereocenters. The molecule has 0 aliphatic carbocycles. The van der Waals surface area contributed by atoms with Crippen molar-refractivity contribution in [3.63, 3.8) is 0 Å². The molecule has 1 rings (SSSR count). The lowest BCUT2D eigenvalue weighted by Gasteiger charge is -2.39. The summed E-state index contributed by atoms with van der Waals surface area (Å²) >= 11 is 0. The lowest BCUT2D eigenvalue weighted by molar-refractivity contribution is 0.198. The highest BCUT2D eigenvalue weighted by Crippen LogP contribution is 2.23. The minimum atomic E-state index is -3.27. The first-order valence-electron chi connectivity index (χ1n) is 7.02. The average Bonchev–Trinajstić information content (AvgIpc) is 2.22. The van der Waals surface area contributed by atoms with Crippen LogP contribution in [0.4, 0.5) is 0 Å². The van der Waals surface area contributed by atoms with Crippen LogP contribution in [0, 0.1) is 5.41 Å². The van der Waals surface area contributed by atoms with Crippen LogP contribution in [-0.2, 0) is 10.2 Å². The Morgan fingerprint density at radius 3 is 2.26 bits per heavy atom. The van der Waals surface area contributed by atoms with Gasteiger partial charge in [0.25, 0.3) is 10.2 Å². The second-order valence-corrected chi connectivity index (χ2v) is 8.82. The molecule has 1 fully saturated rings. The van der Waals surface area contributed by atoms with Crippen LogP contribution in [0.15, 0.2) is 0 Å². The molecule has 0 saturated carbocycles. The number of rotatable bonds is 4. The van der Waals surface area contributed by atoms with Gasteiger partial charge in [0.15, 0.2) is 0 Å². The molecule has 0 aromatic heterocycles. The fourth-order valence-corrected chi connectivity index (χ4v) is 3.72. The molecule has 6 heteroatoms. The van der Waals surface area contributed by atoms with E-state index in [0.717, 1.165) is 6.42 Å². The Kier molecular flexibility index (Phi) is 5.40. The van der Waals surface area contributed by atoms with E-state index in [1.54, 1.807) is 11.4 Å². The van der Waals surface area contributed by atoms with E-state index in [0.29, 0.717) is 25.7 Å². The van der Waals surface area contributed by atoms with Gasteiger partial charge < -0.3 is 5.32 Å². The summed E-state index contributed by atoms with van der Waals surface area (Å²) in [6, 6.07) is 0.489. The third-order valence-corrected chi connectivity index (χ3v) is 5.52. The summed E-state index contributed by atoms with van der Waals surface area (Å²) in [6.45, 7) is 12.4. The zero-order valence-corrected chi connectivity index (χ0v) is 13.9. The maximum absolute atomic E-state index is 12.3. The van der Waals surface area contributed by atoms with Gasteiger partial charge in [0.05, 0.1) is 0 Å². The lowest BCUT2D eigenvalue weighted by atomic mass is 9.86. The summed E-state index contributed by atoms with van der Waals surface area (Å²) in [6.07, 6.45) is 0.897. The summed E-state index contributed by atoms with van der Waals surface area (Å²) in [5.41, 5.74) is 0.0236. The quantitative estimate of drug-likeness (QED) is 0.849. The Bertz CT molecular complexity index is 387. The number of nitrogens with one attached hydrogen (secondary N) is 1. The van der Waals surface area contributed by atoms with Crippen LogP contribution in [0.1, 0.15) is 41.0 Å². The smallest absolute Gasteiger partial charge is 0.281 e. The molecule has 0 bridgehead atoms. The number of hydrogen-bond donors (Lipinski definition) is 1. The summed E-state index contributed by atoms with van der Waals surface area (Å²) in [5, 5.41) is 3.50. The first-order valence-corrected chi connectivity index (χ1v) is 8.42. The van der Waals surface area contributed by atoms with E-state index in [-0.39, 0.29) is 11.5 Å². The minimum Gasteiger partial charge on any atom is -0.310 e. The molecule has 1 heterocycles. The van der Waals surface area contributed by atoms with Crippen molar-refractivity contribution < 1.29 is 8.42 Å². The van der Waals surface area contributed by atoms with Crippen molar-refractivity contribution in [2.45, 2.75) is 53.1 Å². The molecule has 1 aliphatic rings. The van der Waals surface area contributed by atoms with E-state index in [9.17, 15) is 8.42 Å². The van der Waals surface area contributed by atoms with Crippen LogP contribution >= 0.6 is 0 Å². The maximum atomic E-state index is 12.3. The molecule has 19 heavy (non-hydrogen) atoms. The maximum Gasteiger partial charge on any atom is 0.281 e. The van der Waals surface area contributed by atoms with E-state index < -0.39 is 10.2 Å². The molecule has 0 aromatic rings. The van der Waals surface area contributed by atoms with Crippen molar-refractivity contribution in [2.75, 3.05) is 26.7 Å². The highest BCUT2D eigenvalue weighted by molar-refractivity contribution is 7.86. The molecule has 114 valence electrons. The van der Waals surface area contributed by atoms with Crippen LogP contribution in [0.3, 0.4) is 0 Å². The van der Waals surface area contributed by atoms with Crippen molar-refractivity contribution in [2.24, 2.45) is 5.41 Å². The van der Waals surface area contributed by atoms with Crippen molar-refractivity contribution in [3.05, 3.63) is 0 Å². The number of nitrogens with zero attached hydrogens (tertiary/aromatic N) is 2. The Morgan fingerprint density at radius 2 is 1.79 bits per heavy atom. The van der Waals surface area contributed by atoms with Gasteiger partial charge in [-0.15, -0.1) is 0 Å². The predicted octanol–water partition coefficient (Wildman–Crippen LogP) is 1.28. The Balaban J connectivity index is 2.84. The molecular weight excluding hydrogens is 262 g/mol. The molecule has 0 spiro atoms. The zero-order chi connectivity index (χ0) is 14.8. The van der Waals surface area contributed by atoms with Crippen molar-refractivity contribution >= 4 is 10.2 Å². The van der Waals surface area contributed by atoms with Crippen LogP contribution in [-0.4, -0.2) is 55.8 Å². The molecule has 0 amide bonds. The van der Waals surface area contributed by atoms with Crippen LogP contribution in [0.2, 0.25) is 0 Å². The fourth-order valence-electron chi connectivity index (χ4n) is 2.27. The van der Waals surface area contributed by atoms with E-state index >= 15 is 0 Å². The molecular formula is C13H29N3O2S. The SMILES string of the molecule is CC(C)N[C@H](CN1CCCN(C)S1(=O)=O)C(C)(C)C. The summed E-state index contributed by atoms with van der Waals surface area (Å²) < 4.78 is 27.6. The predicted molar refractivity (Wildman–Crippen MR) is 79.3 cm³/mol. The Labute approximate surface area is 118 Å². The molecule has 1 aliphatic heterocycles. The first kappa shape index (κ1) is 16.9. The van der Waals surface area contributed by atoms with Gasteiger partial charge in [-0.2, -0.15) is 17.0 Å². The topological polar surface area (TPSA) is 52.6 Å². The van der Waals surface area contributed by atoms with E-state index in [1.165, 1.54) is 4.31 Å². The second-order valence-electron chi connectivity index (χ2n) is 6.78. The van der Waals surface area contributed by atoms with E-state index in [1.807, 2.05) is 0 Å². The fraction of sp³-hybridized carbons (Fsp3) is 1.00. The highest BCUT2D eigenvalue weighted by atomic mass is 32.2. The van der Waals surface area contributed by atoms with Crippen LogP contribution in [0.5, 0.6) is 0 Å². The lowest BCUT2D eigenvalue weighted by Crippen LogP contribution is -2.56. The summed E-state index contributed by atoms with van der Waals surface area (Å²) in [5.74, 6) is 0. The third kappa shape index (κ3) is 4.41. The van der Waals surface area contributed by atoms with E-state index in [2.05, 4.69) is 39.9 Å². The van der Waals surface area contributed by atoms with Gasteiger partial charge >= 0.3 is 0 Å². The minimum absolute atomic E-state index is 0.0236. The molecule has 5 nitrogen and oxygen atoms in total. The van der Waals surface area contributed by atoms with Crippen LogP contribution in [0.25, 0.3) is 0 Å². The van der Waals surface area contributed by atoms with Crippen LogP contribution < -0.4 is 5.32 Å². The van der Waals surface area contributed by atoms with E-state index in [4.69, 9.17) is 0 Å². The molecule has 0 radical (unpaired) electrons. The monoisotopic (exact) mass is 291 g/mol. The normalized spacial score (nSPS) is 23.7. The first-order chi connectivity index (χ1) is 8.55. The van der Waals surface area contributed by atoms with Gasteiger partial charge in [-0.1, -0.05) is 34.6 Å². The van der Waals surface area contributed by atoms with Crippen molar-refractivity contribution in [1.82, 2.24) is 13.9 Å². The number of hydrogen-bond acceptors (Lipinski definition) is 3. The van der Waals surface area contributed by atoms with Gasteiger partial charge in [0.1, 0.15) is 0 Å². The molecule has 0 unspecified atom stereocenters. The van der Waals surface area contributed by atoms with Gasteiger partial charge in [-0.3, -0.25) is 0 Å². The molecule has 1 N–H and O–H groups in total. The largest absolute Gasteiger partial charge is 0.310 e. The van der Waals surface area contributed by atoms with Gasteiger partial charge in [-0.25, -0.2) is 0 Å². The second kappa shape index (κ2) is 6.08.